The van der Waals surface area contributed by atoms with E-state index in [1.807, 2.05) is 48.7 Å². The average Bonchev–Trinajstić information content (AvgIpc) is 2.38. The number of hydrogen-bond acceptors (Lipinski definition) is 4. The van der Waals surface area contributed by atoms with E-state index < -0.39 is 17.1 Å². The first-order valence-electron chi connectivity index (χ1n) is 6.37. The van der Waals surface area contributed by atoms with Crippen molar-refractivity contribution in [3.05, 3.63) is 11.9 Å². The molecule has 0 N–H and O–H groups in total. The molecule has 0 saturated carbocycles. The highest BCUT2D eigenvalue weighted by Crippen LogP contribution is 2.34. The average molecular weight is 268 g/mol. The summed E-state index contributed by atoms with van der Waals surface area (Å²) in [6.45, 7) is 9.45. The number of ketones is 1. The Kier molecular flexibility index (Phi) is 3.98. The van der Waals surface area contributed by atoms with Crippen molar-refractivity contribution in [2.45, 2.75) is 40.2 Å². The lowest BCUT2D eigenvalue weighted by atomic mass is 9.91. The van der Waals surface area contributed by atoms with E-state index in [1.54, 1.807) is 11.1 Å². The molecule has 0 aliphatic carbocycles. The molecule has 0 bridgehead atoms. The summed E-state index contributed by atoms with van der Waals surface area (Å²) >= 11 is 0. The maximum Gasteiger partial charge on any atom is 0.414 e. The van der Waals surface area contributed by atoms with Crippen LogP contribution in [0.5, 0.6) is 0 Å². The first-order valence-corrected chi connectivity index (χ1v) is 6.37. The van der Waals surface area contributed by atoms with Crippen LogP contribution in [-0.2, 0) is 9.53 Å². The van der Waals surface area contributed by atoms with Gasteiger partial charge in [-0.15, -0.1) is 0 Å². The Labute approximate surface area is 115 Å². The van der Waals surface area contributed by atoms with Gasteiger partial charge in [-0.3, -0.25) is 9.69 Å². The Bertz CT molecular complexity index is 417. The molecule has 0 aromatic carbocycles. The lowest BCUT2D eigenvalue weighted by molar-refractivity contribution is -0.121. The second-order valence-corrected chi connectivity index (χ2v) is 6.76. The smallest absolute Gasteiger partial charge is 0.414 e. The van der Waals surface area contributed by atoms with Crippen molar-refractivity contribution in [2.75, 3.05) is 20.6 Å². The lowest BCUT2D eigenvalue weighted by Crippen LogP contribution is -2.35. The van der Waals surface area contributed by atoms with Gasteiger partial charge < -0.3 is 9.64 Å². The van der Waals surface area contributed by atoms with E-state index in [2.05, 4.69) is 0 Å². The van der Waals surface area contributed by atoms with Crippen molar-refractivity contribution in [1.82, 2.24) is 9.80 Å². The predicted molar refractivity (Wildman–Crippen MR) is 73.5 cm³/mol. The summed E-state index contributed by atoms with van der Waals surface area (Å²) in [5.74, 6) is -0.0351. The molecule has 0 unspecified atom stereocenters. The molecule has 1 saturated heterocycles. The van der Waals surface area contributed by atoms with Gasteiger partial charge in [-0.2, -0.15) is 0 Å². The molecule has 108 valence electrons. The number of hydrogen-bond donors (Lipinski definition) is 0. The molecule has 1 aliphatic heterocycles. The molecule has 5 nitrogen and oxygen atoms in total. The molecule has 1 fully saturated rings. The quantitative estimate of drug-likeness (QED) is 0.684. The van der Waals surface area contributed by atoms with Crippen LogP contribution in [0.25, 0.3) is 0 Å². The number of ether oxygens (including phenoxy) is 1. The Balaban J connectivity index is 3.05. The van der Waals surface area contributed by atoms with Crippen molar-refractivity contribution in [3.63, 3.8) is 0 Å². The third-order valence-electron chi connectivity index (χ3n) is 2.69. The van der Waals surface area contributed by atoms with Crippen molar-refractivity contribution in [2.24, 2.45) is 5.41 Å². The SMILES string of the molecule is CN(C)/C=C1\C(=O)C(C)(C)CN1C(=O)OC(C)(C)C. The van der Waals surface area contributed by atoms with Crippen LogP contribution >= 0.6 is 0 Å². The van der Waals surface area contributed by atoms with Crippen LogP contribution in [-0.4, -0.2) is 47.9 Å². The number of carbonyl (C=O) groups is 2. The summed E-state index contributed by atoms with van der Waals surface area (Å²) in [4.78, 5) is 27.7. The fourth-order valence-corrected chi connectivity index (χ4v) is 1.87. The second-order valence-electron chi connectivity index (χ2n) is 6.76. The Morgan fingerprint density at radius 3 is 2.32 bits per heavy atom. The topological polar surface area (TPSA) is 49.9 Å². The van der Waals surface area contributed by atoms with Crippen molar-refractivity contribution < 1.29 is 14.3 Å². The van der Waals surface area contributed by atoms with Gasteiger partial charge in [0.2, 0.25) is 0 Å². The van der Waals surface area contributed by atoms with Crippen LogP contribution < -0.4 is 0 Å². The van der Waals surface area contributed by atoms with Gasteiger partial charge in [0.15, 0.2) is 5.78 Å². The van der Waals surface area contributed by atoms with Crippen LogP contribution in [0, 0.1) is 5.41 Å². The zero-order valence-corrected chi connectivity index (χ0v) is 12.9. The summed E-state index contributed by atoms with van der Waals surface area (Å²) in [5.41, 5.74) is -0.751. The van der Waals surface area contributed by atoms with Crippen LogP contribution in [0.4, 0.5) is 4.79 Å². The molecule has 1 rings (SSSR count). The summed E-state index contributed by atoms with van der Waals surface area (Å²) in [5, 5.41) is 0. The Morgan fingerprint density at radius 2 is 1.89 bits per heavy atom. The first kappa shape index (κ1) is 15.5. The highest BCUT2D eigenvalue weighted by Gasteiger charge is 2.45. The minimum Gasteiger partial charge on any atom is -0.443 e. The summed E-state index contributed by atoms with van der Waals surface area (Å²) < 4.78 is 5.35. The molecule has 0 radical (unpaired) electrons. The van der Waals surface area contributed by atoms with Crippen LogP contribution in [0.2, 0.25) is 0 Å². The minimum absolute atomic E-state index is 0.0351. The number of Topliss-reactive ketones (excluding diaryl/α,β-unsaturated/α-hetero) is 1. The number of likely N-dealkylation sites (tertiary alicyclic amines) is 1. The van der Waals surface area contributed by atoms with E-state index in [4.69, 9.17) is 4.74 Å². The number of rotatable bonds is 1. The van der Waals surface area contributed by atoms with Gasteiger partial charge in [-0.1, -0.05) is 13.8 Å². The Hall–Kier alpha value is -1.52. The zero-order valence-electron chi connectivity index (χ0n) is 12.9. The van der Waals surface area contributed by atoms with E-state index in [0.29, 0.717) is 12.2 Å². The molecule has 19 heavy (non-hydrogen) atoms. The second kappa shape index (κ2) is 4.87. The summed E-state index contributed by atoms with van der Waals surface area (Å²) in [7, 11) is 3.64. The minimum atomic E-state index is -0.573. The molecule has 1 heterocycles. The van der Waals surface area contributed by atoms with E-state index in [1.165, 1.54) is 4.90 Å². The van der Waals surface area contributed by atoms with E-state index in [0.717, 1.165) is 0 Å². The van der Waals surface area contributed by atoms with Crippen molar-refractivity contribution in [1.29, 1.82) is 0 Å². The van der Waals surface area contributed by atoms with Gasteiger partial charge in [0, 0.05) is 32.3 Å². The summed E-state index contributed by atoms with van der Waals surface area (Å²) in [6.07, 6.45) is 1.19. The fourth-order valence-electron chi connectivity index (χ4n) is 1.87. The van der Waals surface area contributed by atoms with Gasteiger partial charge in [-0.25, -0.2) is 4.79 Å². The van der Waals surface area contributed by atoms with E-state index >= 15 is 0 Å². The molecule has 5 heteroatoms. The number of amides is 1. The third-order valence-corrected chi connectivity index (χ3v) is 2.69. The maximum absolute atomic E-state index is 12.3. The van der Waals surface area contributed by atoms with Crippen molar-refractivity contribution >= 4 is 11.9 Å². The number of allylic oxidation sites excluding steroid dienone is 1. The van der Waals surface area contributed by atoms with Crippen LogP contribution in [0.1, 0.15) is 34.6 Å². The molecule has 0 atom stereocenters. The van der Waals surface area contributed by atoms with Crippen LogP contribution in [0.3, 0.4) is 0 Å². The fraction of sp³-hybridized carbons (Fsp3) is 0.714. The molecular formula is C14H24N2O3. The molecule has 0 aromatic rings. The number of nitrogens with zero attached hydrogens (tertiary/aromatic N) is 2. The highest BCUT2D eigenvalue weighted by atomic mass is 16.6. The Morgan fingerprint density at radius 1 is 1.37 bits per heavy atom. The molecule has 1 aliphatic rings. The highest BCUT2D eigenvalue weighted by molar-refractivity contribution is 6.04. The number of carbonyl (C=O) groups excluding carboxylic acids is 2. The van der Waals surface area contributed by atoms with Gasteiger partial charge in [-0.05, 0) is 20.8 Å². The zero-order chi connectivity index (χ0) is 15.0. The molecule has 0 aromatic heterocycles. The molecule has 0 spiro atoms. The molecule has 1 amide bonds. The van der Waals surface area contributed by atoms with Crippen LogP contribution in [0.15, 0.2) is 11.9 Å². The molecular weight excluding hydrogens is 244 g/mol. The van der Waals surface area contributed by atoms with Gasteiger partial charge >= 0.3 is 6.09 Å². The predicted octanol–water partition coefficient (Wildman–Crippen LogP) is 2.24. The monoisotopic (exact) mass is 268 g/mol. The van der Waals surface area contributed by atoms with Crippen molar-refractivity contribution in [3.8, 4) is 0 Å². The standard InChI is InChI=1S/C14H24N2O3/c1-13(2,3)19-12(18)16-9-14(4,5)11(17)10(16)8-15(6)7/h8H,9H2,1-7H3/b10-8+. The lowest BCUT2D eigenvalue weighted by Gasteiger charge is -2.25. The van der Waals surface area contributed by atoms with Gasteiger partial charge in [0.05, 0.1) is 0 Å². The van der Waals surface area contributed by atoms with Gasteiger partial charge in [0.1, 0.15) is 11.3 Å². The largest absolute Gasteiger partial charge is 0.443 e. The normalized spacial score (nSPS) is 20.9. The van der Waals surface area contributed by atoms with E-state index in [9.17, 15) is 9.59 Å². The third kappa shape index (κ3) is 3.72. The summed E-state index contributed by atoms with van der Waals surface area (Å²) in [6, 6.07) is 0. The van der Waals surface area contributed by atoms with E-state index in [-0.39, 0.29) is 5.78 Å². The first-order chi connectivity index (χ1) is 8.44. The maximum atomic E-state index is 12.3. The van der Waals surface area contributed by atoms with Gasteiger partial charge in [0.25, 0.3) is 0 Å².